The number of fused-ring (bicyclic) bond motifs is 1. The summed E-state index contributed by atoms with van der Waals surface area (Å²) < 4.78 is 1.36. The molecule has 0 N–H and O–H groups in total. The molecule has 4 heterocycles. The van der Waals surface area contributed by atoms with Gasteiger partial charge in [-0.3, -0.25) is 24.3 Å². The van der Waals surface area contributed by atoms with Crippen LogP contribution in [-0.4, -0.2) is 51.5 Å². The third kappa shape index (κ3) is 3.92. The molecule has 1 saturated heterocycles. The molecule has 0 unspecified atom stereocenters. The normalized spacial score (nSPS) is 13.9. The molecule has 1 aliphatic rings. The summed E-state index contributed by atoms with van der Waals surface area (Å²) in [5.41, 5.74) is 0.362. The topological polar surface area (TPSA) is 102 Å². The van der Waals surface area contributed by atoms with Crippen molar-refractivity contribution in [3.63, 3.8) is 0 Å². The standard InChI is InChI=1S/C24H21N5O4S/c30-23(19-9-5-15-34-19)27-13-11-26(12-14-27)20-18-8-4-10-25-22(18)28(24(31)21(20)29(32)33)16-17-6-2-1-3-7-17/h1-10,15H,11-14,16H2. The van der Waals surface area contributed by atoms with E-state index in [1.54, 1.807) is 29.3 Å². The zero-order valence-electron chi connectivity index (χ0n) is 18.2. The van der Waals surface area contributed by atoms with Crippen LogP contribution in [0.4, 0.5) is 11.4 Å². The van der Waals surface area contributed by atoms with Crippen LogP contribution in [0.25, 0.3) is 11.0 Å². The van der Waals surface area contributed by atoms with E-state index in [0.29, 0.717) is 42.1 Å². The first-order valence-electron chi connectivity index (χ1n) is 10.8. The van der Waals surface area contributed by atoms with Crippen LogP contribution in [0, 0.1) is 10.1 Å². The first kappa shape index (κ1) is 21.8. The number of carbonyl (C=O) groups excluding carboxylic acids is 1. The van der Waals surface area contributed by atoms with Crippen molar-refractivity contribution < 1.29 is 9.72 Å². The highest BCUT2D eigenvalue weighted by Crippen LogP contribution is 2.34. The summed E-state index contributed by atoms with van der Waals surface area (Å²) >= 11 is 1.39. The molecule has 5 rings (SSSR count). The second kappa shape index (κ2) is 9.06. The van der Waals surface area contributed by atoms with Crippen LogP contribution >= 0.6 is 11.3 Å². The summed E-state index contributed by atoms with van der Waals surface area (Å²) in [4.78, 5) is 46.3. The van der Waals surface area contributed by atoms with Crippen molar-refractivity contribution in [2.24, 2.45) is 0 Å². The van der Waals surface area contributed by atoms with E-state index in [4.69, 9.17) is 0 Å². The Morgan fingerprint density at radius 3 is 2.47 bits per heavy atom. The van der Waals surface area contributed by atoms with Crippen LogP contribution < -0.4 is 10.5 Å². The number of piperazine rings is 1. The Balaban J connectivity index is 1.55. The van der Waals surface area contributed by atoms with Gasteiger partial charge in [-0.25, -0.2) is 4.98 Å². The van der Waals surface area contributed by atoms with Crippen LogP contribution in [0.5, 0.6) is 0 Å². The molecule has 1 aliphatic heterocycles. The minimum absolute atomic E-state index is 0.0473. The second-order valence-corrected chi connectivity index (χ2v) is 8.91. The molecule has 0 saturated carbocycles. The number of anilines is 1. The quantitative estimate of drug-likeness (QED) is 0.324. The van der Waals surface area contributed by atoms with E-state index in [-0.39, 0.29) is 18.1 Å². The third-order valence-electron chi connectivity index (χ3n) is 5.95. The van der Waals surface area contributed by atoms with Crippen molar-refractivity contribution in [1.29, 1.82) is 0 Å². The smallest absolute Gasteiger partial charge is 0.357 e. The van der Waals surface area contributed by atoms with Gasteiger partial charge in [0.2, 0.25) is 0 Å². The van der Waals surface area contributed by atoms with Crippen LogP contribution in [0.15, 0.2) is 71.0 Å². The second-order valence-electron chi connectivity index (χ2n) is 7.96. The molecule has 0 bridgehead atoms. The van der Waals surface area contributed by atoms with Crippen molar-refractivity contribution >= 4 is 39.7 Å². The third-order valence-corrected chi connectivity index (χ3v) is 6.81. The van der Waals surface area contributed by atoms with Crippen molar-refractivity contribution in [2.45, 2.75) is 6.54 Å². The molecular weight excluding hydrogens is 454 g/mol. The number of thiophene rings is 1. The van der Waals surface area contributed by atoms with Crippen LogP contribution in [0.1, 0.15) is 15.2 Å². The van der Waals surface area contributed by atoms with Crippen molar-refractivity contribution in [3.05, 3.63) is 97.1 Å². The molecule has 1 fully saturated rings. The number of pyridine rings is 2. The Morgan fingerprint density at radius 2 is 1.79 bits per heavy atom. The van der Waals surface area contributed by atoms with Crippen molar-refractivity contribution in [2.75, 3.05) is 31.1 Å². The highest BCUT2D eigenvalue weighted by molar-refractivity contribution is 7.12. The Morgan fingerprint density at radius 1 is 1.03 bits per heavy atom. The van der Waals surface area contributed by atoms with E-state index in [1.807, 2.05) is 46.7 Å². The van der Waals surface area contributed by atoms with Gasteiger partial charge in [-0.15, -0.1) is 11.3 Å². The number of nitro groups is 1. The van der Waals surface area contributed by atoms with Gasteiger partial charge in [0.15, 0.2) is 0 Å². The molecule has 34 heavy (non-hydrogen) atoms. The number of benzene rings is 1. The van der Waals surface area contributed by atoms with Gasteiger partial charge in [-0.2, -0.15) is 0 Å². The zero-order chi connectivity index (χ0) is 23.7. The van der Waals surface area contributed by atoms with Crippen LogP contribution in [0.3, 0.4) is 0 Å². The number of hydrogen-bond donors (Lipinski definition) is 0. The van der Waals surface area contributed by atoms with E-state index in [0.717, 1.165) is 5.56 Å². The van der Waals surface area contributed by atoms with Gasteiger partial charge in [0.05, 0.1) is 16.3 Å². The van der Waals surface area contributed by atoms with Crippen LogP contribution in [-0.2, 0) is 6.54 Å². The van der Waals surface area contributed by atoms with Gasteiger partial charge in [0, 0.05) is 37.8 Å². The van der Waals surface area contributed by atoms with Gasteiger partial charge in [-0.05, 0) is 29.1 Å². The molecule has 1 amide bonds. The zero-order valence-corrected chi connectivity index (χ0v) is 19.0. The highest BCUT2D eigenvalue weighted by atomic mass is 32.1. The fourth-order valence-corrected chi connectivity index (χ4v) is 5.03. The van der Waals surface area contributed by atoms with Crippen molar-refractivity contribution in [3.8, 4) is 0 Å². The molecule has 0 spiro atoms. The summed E-state index contributed by atoms with van der Waals surface area (Å²) in [5.74, 6) is -0.0473. The molecule has 9 nitrogen and oxygen atoms in total. The maximum absolute atomic E-state index is 13.4. The van der Waals surface area contributed by atoms with E-state index < -0.39 is 16.2 Å². The van der Waals surface area contributed by atoms with Crippen molar-refractivity contribution in [1.82, 2.24) is 14.5 Å². The fourth-order valence-electron chi connectivity index (χ4n) is 4.34. The van der Waals surface area contributed by atoms with Crippen LogP contribution in [0.2, 0.25) is 0 Å². The lowest BCUT2D eigenvalue weighted by Gasteiger charge is -2.36. The van der Waals surface area contributed by atoms with Gasteiger partial charge in [0.1, 0.15) is 11.3 Å². The molecule has 0 radical (unpaired) electrons. The maximum atomic E-state index is 13.4. The predicted molar refractivity (Wildman–Crippen MR) is 131 cm³/mol. The van der Waals surface area contributed by atoms with Gasteiger partial charge >= 0.3 is 11.2 Å². The summed E-state index contributed by atoms with van der Waals surface area (Å²) in [6.07, 6.45) is 1.58. The highest BCUT2D eigenvalue weighted by Gasteiger charge is 2.32. The minimum Gasteiger partial charge on any atom is -0.362 e. The van der Waals surface area contributed by atoms with Gasteiger partial charge in [0.25, 0.3) is 5.91 Å². The predicted octanol–water partition coefficient (Wildman–Crippen LogP) is 3.38. The molecule has 3 aromatic heterocycles. The molecule has 4 aromatic rings. The molecule has 172 valence electrons. The largest absolute Gasteiger partial charge is 0.362 e. The summed E-state index contributed by atoms with van der Waals surface area (Å²) in [7, 11) is 0. The average molecular weight is 476 g/mol. The molecule has 0 aliphatic carbocycles. The number of aromatic nitrogens is 2. The van der Waals surface area contributed by atoms with E-state index in [9.17, 15) is 19.7 Å². The number of nitrogens with zero attached hydrogens (tertiary/aromatic N) is 5. The Hall–Kier alpha value is -4.05. The molecular formula is C24H21N5O4S. The number of carbonyl (C=O) groups is 1. The molecule has 1 aromatic carbocycles. The number of amides is 1. The summed E-state index contributed by atoms with van der Waals surface area (Å²) in [6.45, 7) is 1.75. The summed E-state index contributed by atoms with van der Waals surface area (Å²) in [5, 5.41) is 14.5. The minimum atomic E-state index is -0.688. The first-order chi connectivity index (χ1) is 16.5. The molecule has 0 atom stereocenters. The first-order valence-corrected chi connectivity index (χ1v) is 11.7. The Labute approximate surface area is 198 Å². The lowest BCUT2D eigenvalue weighted by molar-refractivity contribution is -0.385. The SMILES string of the molecule is O=C(c1cccs1)N1CCN(c2c([N+](=O)[O-])c(=O)n(Cc3ccccc3)c3ncccc23)CC1. The van der Waals surface area contributed by atoms with E-state index >= 15 is 0 Å². The van der Waals surface area contributed by atoms with Gasteiger partial charge < -0.3 is 9.80 Å². The average Bonchev–Trinajstić information content (AvgIpc) is 3.40. The number of hydrogen-bond acceptors (Lipinski definition) is 7. The number of rotatable bonds is 5. The lowest BCUT2D eigenvalue weighted by atomic mass is 10.1. The monoisotopic (exact) mass is 475 g/mol. The fraction of sp³-hybridized carbons (Fsp3) is 0.208. The van der Waals surface area contributed by atoms with Gasteiger partial charge in [-0.1, -0.05) is 36.4 Å². The Bertz CT molecular complexity index is 1410. The molecule has 10 heteroatoms. The Kier molecular flexibility index (Phi) is 5.81. The lowest BCUT2D eigenvalue weighted by Crippen LogP contribution is -2.49. The van der Waals surface area contributed by atoms with E-state index in [2.05, 4.69) is 4.98 Å². The van der Waals surface area contributed by atoms with E-state index in [1.165, 1.54) is 15.9 Å². The maximum Gasteiger partial charge on any atom is 0.357 e. The summed E-state index contributed by atoms with van der Waals surface area (Å²) in [6, 6.07) is 16.4.